The molecular weight excluding hydrogens is 330 g/mol. The molecule has 1 aliphatic carbocycles. The molecular formula is C18H22ClNO4. The zero-order valence-corrected chi connectivity index (χ0v) is 14.7. The van der Waals surface area contributed by atoms with E-state index in [0.29, 0.717) is 17.1 Å². The van der Waals surface area contributed by atoms with Crippen LogP contribution in [0.15, 0.2) is 24.3 Å². The predicted molar refractivity (Wildman–Crippen MR) is 90.9 cm³/mol. The first kappa shape index (κ1) is 18.5. The number of benzene rings is 1. The number of nitrogens with zero attached hydrogens (tertiary/aromatic N) is 1. The Bertz CT molecular complexity index is 610. The summed E-state index contributed by atoms with van der Waals surface area (Å²) in [6.07, 6.45) is 2.19. The van der Waals surface area contributed by atoms with Gasteiger partial charge in [0.2, 0.25) is 5.91 Å². The van der Waals surface area contributed by atoms with E-state index in [9.17, 15) is 14.4 Å². The van der Waals surface area contributed by atoms with Gasteiger partial charge in [-0.15, -0.1) is 0 Å². The number of esters is 1. The molecule has 130 valence electrons. The summed E-state index contributed by atoms with van der Waals surface area (Å²) in [6.45, 7) is 2.08. The van der Waals surface area contributed by atoms with Crippen LogP contribution < -0.4 is 0 Å². The zero-order valence-electron chi connectivity index (χ0n) is 14.0. The van der Waals surface area contributed by atoms with Gasteiger partial charge in [-0.1, -0.05) is 18.5 Å². The van der Waals surface area contributed by atoms with Crippen molar-refractivity contribution >= 4 is 29.3 Å². The molecule has 0 bridgehead atoms. The van der Waals surface area contributed by atoms with Gasteiger partial charge >= 0.3 is 5.97 Å². The molecule has 0 N–H and O–H groups in total. The Kier molecular flexibility index (Phi) is 6.37. The summed E-state index contributed by atoms with van der Waals surface area (Å²) in [5.41, 5.74) is 0.549. The third kappa shape index (κ3) is 5.06. The highest BCUT2D eigenvalue weighted by atomic mass is 35.5. The number of halogens is 1. The number of ketones is 1. The van der Waals surface area contributed by atoms with Crippen molar-refractivity contribution in [2.24, 2.45) is 5.92 Å². The van der Waals surface area contributed by atoms with Crippen molar-refractivity contribution in [3.05, 3.63) is 34.9 Å². The summed E-state index contributed by atoms with van der Waals surface area (Å²) in [4.78, 5) is 37.9. The maximum Gasteiger partial charge on any atom is 0.310 e. The zero-order chi connectivity index (χ0) is 17.7. The van der Waals surface area contributed by atoms with Crippen LogP contribution in [0.5, 0.6) is 0 Å². The fraction of sp³-hybridized carbons (Fsp3) is 0.500. The highest BCUT2D eigenvalue weighted by Crippen LogP contribution is 2.28. The van der Waals surface area contributed by atoms with E-state index in [2.05, 4.69) is 0 Å². The van der Waals surface area contributed by atoms with Gasteiger partial charge in [0.25, 0.3) is 0 Å². The second-order valence-electron chi connectivity index (χ2n) is 6.13. The van der Waals surface area contributed by atoms with Gasteiger partial charge < -0.3 is 9.64 Å². The van der Waals surface area contributed by atoms with Gasteiger partial charge in [0.15, 0.2) is 5.78 Å². The van der Waals surface area contributed by atoms with Crippen LogP contribution in [0, 0.1) is 5.92 Å². The number of amides is 1. The number of carbonyl (C=O) groups is 3. The van der Waals surface area contributed by atoms with Crippen LogP contribution in [0.25, 0.3) is 0 Å². The molecule has 1 aromatic carbocycles. The lowest BCUT2D eigenvalue weighted by atomic mass is 10.1. The summed E-state index contributed by atoms with van der Waals surface area (Å²) in [6, 6.07) is 6.83. The first-order chi connectivity index (χ1) is 11.4. The molecule has 0 heterocycles. The van der Waals surface area contributed by atoms with E-state index in [1.807, 2.05) is 0 Å². The van der Waals surface area contributed by atoms with Crippen molar-refractivity contribution in [3.8, 4) is 0 Å². The van der Waals surface area contributed by atoms with Crippen molar-refractivity contribution in [2.75, 3.05) is 13.7 Å². The molecule has 1 saturated carbocycles. The van der Waals surface area contributed by atoms with E-state index in [4.69, 9.17) is 16.3 Å². The fourth-order valence-electron chi connectivity index (χ4n) is 2.56. The van der Waals surface area contributed by atoms with Crippen LogP contribution in [0.3, 0.4) is 0 Å². The molecule has 6 heteroatoms. The van der Waals surface area contributed by atoms with Crippen LogP contribution in [0.1, 0.15) is 43.0 Å². The number of methoxy groups -OCH3 is 1. The smallest absolute Gasteiger partial charge is 0.310 e. The van der Waals surface area contributed by atoms with Gasteiger partial charge in [-0.25, -0.2) is 0 Å². The van der Waals surface area contributed by atoms with E-state index in [1.54, 1.807) is 36.1 Å². The highest BCUT2D eigenvalue weighted by molar-refractivity contribution is 6.30. The van der Waals surface area contributed by atoms with Crippen molar-refractivity contribution in [1.82, 2.24) is 4.90 Å². The van der Waals surface area contributed by atoms with Gasteiger partial charge in [-0.05, 0) is 37.1 Å². The molecule has 0 aliphatic heterocycles. The number of rotatable bonds is 8. The summed E-state index contributed by atoms with van der Waals surface area (Å²) in [7, 11) is 1.34. The normalized spacial score (nSPS) is 14.8. The summed E-state index contributed by atoms with van der Waals surface area (Å²) < 4.78 is 4.72. The second kappa shape index (κ2) is 8.29. The van der Waals surface area contributed by atoms with Crippen LogP contribution in [-0.2, 0) is 14.3 Å². The number of hydrogen-bond acceptors (Lipinski definition) is 4. The summed E-state index contributed by atoms with van der Waals surface area (Å²) in [5.74, 6) is -0.871. The van der Waals surface area contributed by atoms with Crippen LogP contribution in [0.2, 0.25) is 5.02 Å². The quantitative estimate of drug-likeness (QED) is 0.533. The Labute approximate surface area is 146 Å². The molecule has 5 nitrogen and oxygen atoms in total. The minimum Gasteiger partial charge on any atom is -0.469 e. The molecule has 0 aromatic heterocycles. The van der Waals surface area contributed by atoms with Gasteiger partial charge in [0.05, 0.1) is 13.0 Å². The van der Waals surface area contributed by atoms with E-state index in [1.165, 1.54) is 7.11 Å². The van der Waals surface area contributed by atoms with E-state index in [0.717, 1.165) is 12.8 Å². The topological polar surface area (TPSA) is 63.7 Å². The number of ether oxygens (including phenoxy) is 1. The molecule has 1 amide bonds. The minimum absolute atomic E-state index is 0.0863. The Morgan fingerprint density at radius 2 is 1.83 bits per heavy atom. The van der Waals surface area contributed by atoms with E-state index >= 15 is 0 Å². The Morgan fingerprint density at radius 3 is 2.38 bits per heavy atom. The van der Waals surface area contributed by atoms with E-state index in [-0.39, 0.29) is 42.5 Å². The third-order valence-corrected chi connectivity index (χ3v) is 4.37. The van der Waals surface area contributed by atoms with E-state index < -0.39 is 0 Å². The number of Topliss-reactive ketones (excluding diaryl/α,β-unsaturated/α-hetero) is 1. The van der Waals surface area contributed by atoms with Crippen molar-refractivity contribution in [3.63, 3.8) is 0 Å². The maximum atomic E-state index is 12.5. The molecule has 1 aromatic rings. The second-order valence-corrected chi connectivity index (χ2v) is 6.57. The van der Waals surface area contributed by atoms with Crippen molar-refractivity contribution in [2.45, 2.75) is 38.6 Å². The molecule has 1 atom stereocenters. The molecule has 0 saturated heterocycles. The molecule has 1 aliphatic rings. The Hall–Kier alpha value is -1.88. The summed E-state index contributed by atoms with van der Waals surface area (Å²) >= 11 is 5.80. The lowest BCUT2D eigenvalue weighted by Crippen LogP contribution is -2.39. The Morgan fingerprint density at radius 1 is 1.21 bits per heavy atom. The molecule has 0 spiro atoms. The van der Waals surface area contributed by atoms with Gasteiger partial charge in [-0.2, -0.15) is 0 Å². The fourth-order valence-corrected chi connectivity index (χ4v) is 2.68. The maximum absolute atomic E-state index is 12.5. The summed E-state index contributed by atoms with van der Waals surface area (Å²) in [5, 5.41) is 0.569. The largest absolute Gasteiger partial charge is 0.469 e. The van der Waals surface area contributed by atoms with Gasteiger partial charge in [-0.3, -0.25) is 14.4 Å². The lowest BCUT2D eigenvalue weighted by molar-refractivity contribution is -0.146. The van der Waals surface area contributed by atoms with Crippen LogP contribution >= 0.6 is 11.6 Å². The molecule has 1 unspecified atom stereocenters. The molecule has 2 rings (SSSR count). The van der Waals surface area contributed by atoms with Crippen molar-refractivity contribution in [1.29, 1.82) is 0 Å². The average Bonchev–Trinajstić information content (AvgIpc) is 3.41. The van der Waals surface area contributed by atoms with Gasteiger partial charge in [0.1, 0.15) is 0 Å². The number of hydrogen-bond donors (Lipinski definition) is 0. The molecule has 1 fully saturated rings. The first-order valence-corrected chi connectivity index (χ1v) is 8.46. The predicted octanol–water partition coefficient (Wildman–Crippen LogP) is 3.10. The van der Waals surface area contributed by atoms with Crippen molar-refractivity contribution < 1.29 is 19.1 Å². The van der Waals surface area contributed by atoms with Gasteiger partial charge in [0, 0.05) is 36.0 Å². The van der Waals surface area contributed by atoms with Crippen LogP contribution in [-0.4, -0.2) is 42.3 Å². The standard InChI is InChI=1S/C18H22ClNO4/c1-12(18(23)24-2)11-20(15-7-8-15)17(22)10-9-16(21)13-3-5-14(19)6-4-13/h3-6,12,15H,7-11H2,1-2H3. The number of carbonyl (C=O) groups excluding carboxylic acids is 3. The lowest BCUT2D eigenvalue weighted by Gasteiger charge is -2.25. The molecule has 24 heavy (non-hydrogen) atoms. The van der Waals surface area contributed by atoms with Crippen LogP contribution in [0.4, 0.5) is 0 Å². The monoisotopic (exact) mass is 351 g/mol. The first-order valence-electron chi connectivity index (χ1n) is 8.08. The molecule has 0 radical (unpaired) electrons. The highest BCUT2D eigenvalue weighted by Gasteiger charge is 2.34. The Balaban J connectivity index is 1.90. The average molecular weight is 352 g/mol. The SMILES string of the molecule is COC(=O)C(C)CN(C(=O)CCC(=O)c1ccc(Cl)cc1)C1CC1. The minimum atomic E-state index is -0.369. The third-order valence-electron chi connectivity index (χ3n) is 4.11.